The monoisotopic (exact) mass is 315 g/mol. The molecule has 5 nitrogen and oxygen atoms in total. The molecule has 5 heteroatoms. The number of benzene rings is 1. The van der Waals surface area contributed by atoms with E-state index in [4.69, 9.17) is 9.15 Å². The van der Waals surface area contributed by atoms with Gasteiger partial charge in [0.1, 0.15) is 17.3 Å². The van der Waals surface area contributed by atoms with Crippen LogP contribution in [0, 0.1) is 6.92 Å². The van der Waals surface area contributed by atoms with Gasteiger partial charge in [-0.1, -0.05) is 12.1 Å². The SMILES string of the molecule is CC(=O)c1cccc(OC(C)C(=O)NC(C)c2ccc(C)o2)c1. The molecule has 1 heterocycles. The standard InChI is InChI=1S/C18H21NO4/c1-11-8-9-17(22-11)12(2)19-18(21)14(4)23-16-7-5-6-15(10-16)13(3)20/h5-10,12,14H,1-4H3,(H,19,21). The summed E-state index contributed by atoms with van der Waals surface area (Å²) in [6.07, 6.45) is -0.685. The highest BCUT2D eigenvalue weighted by molar-refractivity contribution is 5.94. The first-order valence-corrected chi connectivity index (χ1v) is 7.51. The van der Waals surface area contributed by atoms with E-state index in [2.05, 4.69) is 5.32 Å². The second-order valence-electron chi connectivity index (χ2n) is 5.52. The first kappa shape index (κ1) is 16.8. The van der Waals surface area contributed by atoms with Crippen LogP contribution in [0.3, 0.4) is 0 Å². The van der Waals surface area contributed by atoms with Crippen LogP contribution >= 0.6 is 0 Å². The molecule has 0 fully saturated rings. The molecule has 1 aromatic heterocycles. The van der Waals surface area contributed by atoms with Gasteiger partial charge in [0.05, 0.1) is 6.04 Å². The van der Waals surface area contributed by atoms with Crippen molar-refractivity contribution in [2.45, 2.75) is 39.8 Å². The largest absolute Gasteiger partial charge is 0.481 e. The van der Waals surface area contributed by atoms with Gasteiger partial charge >= 0.3 is 0 Å². The summed E-state index contributed by atoms with van der Waals surface area (Å²) in [6, 6.07) is 10.2. The summed E-state index contributed by atoms with van der Waals surface area (Å²) < 4.78 is 11.1. The first-order valence-electron chi connectivity index (χ1n) is 7.51. The van der Waals surface area contributed by atoms with E-state index in [0.717, 1.165) is 5.76 Å². The number of amides is 1. The molecule has 1 aromatic carbocycles. The maximum Gasteiger partial charge on any atom is 0.261 e. The minimum atomic E-state index is -0.685. The number of furan rings is 1. The molecule has 1 N–H and O–H groups in total. The Morgan fingerprint density at radius 3 is 2.52 bits per heavy atom. The van der Waals surface area contributed by atoms with Gasteiger partial charge in [0.15, 0.2) is 11.9 Å². The van der Waals surface area contributed by atoms with Crippen LogP contribution in [0.4, 0.5) is 0 Å². The second-order valence-corrected chi connectivity index (χ2v) is 5.52. The molecular formula is C18H21NO4. The van der Waals surface area contributed by atoms with E-state index in [0.29, 0.717) is 17.1 Å². The van der Waals surface area contributed by atoms with E-state index in [9.17, 15) is 9.59 Å². The molecule has 2 aromatic rings. The van der Waals surface area contributed by atoms with E-state index in [-0.39, 0.29) is 17.7 Å². The summed E-state index contributed by atoms with van der Waals surface area (Å²) in [4.78, 5) is 23.6. The highest BCUT2D eigenvalue weighted by Crippen LogP contribution is 2.18. The molecule has 0 radical (unpaired) electrons. The van der Waals surface area contributed by atoms with Gasteiger partial charge in [0.2, 0.25) is 0 Å². The third kappa shape index (κ3) is 4.45. The zero-order chi connectivity index (χ0) is 17.0. The molecule has 0 aliphatic heterocycles. The number of ketones is 1. The molecule has 0 bridgehead atoms. The van der Waals surface area contributed by atoms with E-state index < -0.39 is 6.10 Å². The lowest BCUT2D eigenvalue weighted by Gasteiger charge is -2.18. The van der Waals surface area contributed by atoms with Crippen LogP contribution in [0.5, 0.6) is 5.75 Å². The van der Waals surface area contributed by atoms with Crippen molar-refractivity contribution in [2.75, 3.05) is 0 Å². The van der Waals surface area contributed by atoms with Crippen molar-refractivity contribution in [1.82, 2.24) is 5.32 Å². The maximum absolute atomic E-state index is 12.2. The van der Waals surface area contributed by atoms with E-state index in [1.165, 1.54) is 6.92 Å². The lowest BCUT2D eigenvalue weighted by Crippen LogP contribution is -2.37. The summed E-state index contributed by atoms with van der Waals surface area (Å²) in [5.74, 6) is 1.68. The highest BCUT2D eigenvalue weighted by Gasteiger charge is 2.19. The Morgan fingerprint density at radius 1 is 1.17 bits per heavy atom. The number of Topliss-reactive ketones (excluding diaryl/α,β-unsaturated/α-hetero) is 1. The van der Waals surface area contributed by atoms with Crippen molar-refractivity contribution in [3.63, 3.8) is 0 Å². The van der Waals surface area contributed by atoms with Crippen molar-refractivity contribution < 1.29 is 18.7 Å². The number of ether oxygens (including phenoxy) is 1. The molecule has 122 valence electrons. The zero-order valence-corrected chi connectivity index (χ0v) is 13.8. The number of nitrogens with one attached hydrogen (secondary N) is 1. The average Bonchev–Trinajstić information content (AvgIpc) is 2.94. The molecule has 0 saturated carbocycles. The van der Waals surface area contributed by atoms with Gasteiger partial charge in [-0.2, -0.15) is 0 Å². The fourth-order valence-electron chi connectivity index (χ4n) is 2.13. The van der Waals surface area contributed by atoms with Crippen LogP contribution in [0.15, 0.2) is 40.8 Å². The Morgan fingerprint density at radius 2 is 1.91 bits per heavy atom. The third-order valence-electron chi connectivity index (χ3n) is 3.47. The van der Waals surface area contributed by atoms with Gasteiger partial charge in [-0.15, -0.1) is 0 Å². The zero-order valence-electron chi connectivity index (χ0n) is 13.8. The molecule has 0 aliphatic carbocycles. The number of hydrogen-bond donors (Lipinski definition) is 1. The van der Waals surface area contributed by atoms with Crippen molar-refractivity contribution >= 4 is 11.7 Å². The first-order chi connectivity index (χ1) is 10.9. The predicted octanol–water partition coefficient (Wildman–Crippen LogP) is 3.44. The Kier molecular flexibility index (Phi) is 5.21. The highest BCUT2D eigenvalue weighted by atomic mass is 16.5. The number of aryl methyl sites for hydroxylation is 1. The lowest BCUT2D eigenvalue weighted by molar-refractivity contribution is -0.128. The topological polar surface area (TPSA) is 68.5 Å². The van der Waals surface area contributed by atoms with Gasteiger partial charge in [0, 0.05) is 5.56 Å². The van der Waals surface area contributed by atoms with E-state index in [1.54, 1.807) is 31.2 Å². The second kappa shape index (κ2) is 7.13. The van der Waals surface area contributed by atoms with Crippen LogP contribution in [0.25, 0.3) is 0 Å². The Hall–Kier alpha value is -2.56. The Labute approximate surface area is 135 Å². The normalized spacial score (nSPS) is 13.2. The average molecular weight is 315 g/mol. The molecule has 2 rings (SSSR count). The van der Waals surface area contributed by atoms with Gasteiger partial charge in [0.25, 0.3) is 5.91 Å². The summed E-state index contributed by atoms with van der Waals surface area (Å²) in [5.41, 5.74) is 0.550. The van der Waals surface area contributed by atoms with Crippen molar-refractivity contribution in [3.05, 3.63) is 53.5 Å². The Bertz CT molecular complexity index is 705. The van der Waals surface area contributed by atoms with Crippen molar-refractivity contribution in [3.8, 4) is 5.75 Å². The quantitative estimate of drug-likeness (QED) is 0.829. The van der Waals surface area contributed by atoms with E-state index in [1.807, 2.05) is 26.0 Å². The van der Waals surface area contributed by atoms with E-state index >= 15 is 0 Å². The number of hydrogen-bond acceptors (Lipinski definition) is 4. The van der Waals surface area contributed by atoms with Gasteiger partial charge in [-0.25, -0.2) is 0 Å². The Balaban J connectivity index is 1.97. The van der Waals surface area contributed by atoms with Gasteiger partial charge in [-0.05, 0) is 52.0 Å². The molecular weight excluding hydrogens is 294 g/mol. The van der Waals surface area contributed by atoms with Crippen LogP contribution < -0.4 is 10.1 Å². The molecule has 1 amide bonds. The summed E-state index contributed by atoms with van der Waals surface area (Å²) >= 11 is 0. The fraction of sp³-hybridized carbons (Fsp3) is 0.333. The van der Waals surface area contributed by atoms with Crippen LogP contribution in [-0.4, -0.2) is 17.8 Å². The maximum atomic E-state index is 12.2. The third-order valence-corrected chi connectivity index (χ3v) is 3.47. The number of rotatable bonds is 6. The minimum absolute atomic E-state index is 0.0469. The predicted molar refractivity (Wildman–Crippen MR) is 86.5 cm³/mol. The number of carbonyl (C=O) groups is 2. The van der Waals surface area contributed by atoms with Gasteiger partial charge < -0.3 is 14.5 Å². The summed E-state index contributed by atoms with van der Waals surface area (Å²) in [5, 5.41) is 2.84. The number of carbonyl (C=O) groups excluding carboxylic acids is 2. The van der Waals surface area contributed by atoms with Crippen molar-refractivity contribution in [2.24, 2.45) is 0 Å². The smallest absolute Gasteiger partial charge is 0.261 e. The molecule has 0 spiro atoms. The van der Waals surface area contributed by atoms with Gasteiger partial charge in [-0.3, -0.25) is 9.59 Å². The van der Waals surface area contributed by atoms with Crippen molar-refractivity contribution in [1.29, 1.82) is 0 Å². The molecule has 0 aliphatic rings. The molecule has 2 atom stereocenters. The lowest BCUT2D eigenvalue weighted by atomic mass is 10.1. The molecule has 0 saturated heterocycles. The summed E-state index contributed by atoms with van der Waals surface area (Å²) in [7, 11) is 0. The molecule has 2 unspecified atom stereocenters. The molecule has 23 heavy (non-hydrogen) atoms. The van der Waals surface area contributed by atoms with Crippen LogP contribution in [0.1, 0.15) is 48.7 Å². The fourth-order valence-corrected chi connectivity index (χ4v) is 2.13. The van der Waals surface area contributed by atoms with Crippen LogP contribution in [0.2, 0.25) is 0 Å². The minimum Gasteiger partial charge on any atom is -0.481 e. The van der Waals surface area contributed by atoms with Crippen LogP contribution in [-0.2, 0) is 4.79 Å². The summed E-state index contributed by atoms with van der Waals surface area (Å²) in [6.45, 7) is 6.85.